The molecule has 0 aliphatic carbocycles. The summed E-state index contributed by atoms with van der Waals surface area (Å²) in [5.74, 6) is 0. The van der Waals surface area contributed by atoms with Crippen LogP contribution in [0, 0.1) is 13.8 Å². The number of hydrogen-bond donors (Lipinski definition) is 2. The van der Waals surface area contributed by atoms with Crippen LogP contribution in [0.4, 0.5) is 5.69 Å². The minimum absolute atomic E-state index is 0.159. The Morgan fingerprint density at radius 3 is 2.33 bits per heavy atom. The van der Waals surface area contributed by atoms with E-state index < -0.39 is 10.0 Å². The van der Waals surface area contributed by atoms with E-state index in [0.717, 1.165) is 0 Å². The molecule has 18 heavy (non-hydrogen) atoms. The zero-order valence-corrected chi connectivity index (χ0v) is 11.4. The Morgan fingerprint density at radius 2 is 1.83 bits per heavy atom. The summed E-state index contributed by atoms with van der Waals surface area (Å²) in [4.78, 5) is 0.159. The fourth-order valence-electron chi connectivity index (χ4n) is 1.51. The van der Waals surface area contributed by atoms with Crippen molar-refractivity contribution in [2.24, 2.45) is 0 Å². The fourth-order valence-corrected chi connectivity index (χ4v) is 2.82. The van der Waals surface area contributed by atoms with Crippen molar-refractivity contribution in [3.8, 4) is 0 Å². The highest BCUT2D eigenvalue weighted by Gasteiger charge is 2.17. The van der Waals surface area contributed by atoms with Crippen LogP contribution in [0.25, 0.3) is 0 Å². The molecule has 7 heteroatoms. The molecular formula is C11H12ClN3O2S. The van der Waals surface area contributed by atoms with Gasteiger partial charge in [-0.2, -0.15) is 5.10 Å². The van der Waals surface area contributed by atoms with Crippen LogP contribution in [-0.4, -0.2) is 18.6 Å². The Morgan fingerprint density at radius 1 is 1.22 bits per heavy atom. The molecule has 2 N–H and O–H groups in total. The second kappa shape index (κ2) is 4.62. The Labute approximate surface area is 110 Å². The fraction of sp³-hybridized carbons (Fsp3) is 0.182. The van der Waals surface area contributed by atoms with Crippen LogP contribution in [0.2, 0.25) is 5.02 Å². The van der Waals surface area contributed by atoms with Gasteiger partial charge in [0.2, 0.25) is 0 Å². The van der Waals surface area contributed by atoms with E-state index in [1.54, 1.807) is 13.8 Å². The van der Waals surface area contributed by atoms with E-state index in [1.807, 2.05) is 0 Å². The van der Waals surface area contributed by atoms with E-state index in [4.69, 9.17) is 11.6 Å². The van der Waals surface area contributed by atoms with Crippen molar-refractivity contribution in [2.45, 2.75) is 18.7 Å². The molecule has 5 nitrogen and oxygen atoms in total. The van der Waals surface area contributed by atoms with Crippen molar-refractivity contribution in [3.05, 3.63) is 40.7 Å². The lowest BCUT2D eigenvalue weighted by Gasteiger charge is -2.08. The van der Waals surface area contributed by atoms with Crippen LogP contribution in [0.15, 0.2) is 29.2 Å². The van der Waals surface area contributed by atoms with E-state index in [2.05, 4.69) is 14.9 Å². The van der Waals surface area contributed by atoms with Gasteiger partial charge in [0.15, 0.2) is 0 Å². The number of rotatable bonds is 3. The molecule has 0 radical (unpaired) electrons. The van der Waals surface area contributed by atoms with Gasteiger partial charge in [-0.1, -0.05) is 11.6 Å². The number of aromatic nitrogens is 2. The Bertz CT molecular complexity index is 643. The predicted molar refractivity (Wildman–Crippen MR) is 70.3 cm³/mol. The van der Waals surface area contributed by atoms with Crippen LogP contribution in [-0.2, 0) is 10.0 Å². The number of hydrogen-bond acceptors (Lipinski definition) is 3. The summed E-state index contributed by atoms with van der Waals surface area (Å²) in [6, 6.07) is 5.97. The molecule has 1 aromatic heterocycles. The van der Waals surface area contributed by atoms with E-state index in [0.29, 0.717) is 22.1 Å². The molecule has 1 aromatic carbocycles. The number of halogens is 1. The van der Waals surface area contributed by atoms with Gasteiger partial charge in [-0.3, -0.25) is 9.82 Å². The van der Waals surface area contributed by atoms with Crippen LogP contribution in [0.5, 0.6) is 0 Å². The van der Waals surface area contributed by atoms with Gasteiger partial charge in [0.25, 0.3) is 10.0 Å². The van der Waals surface area contributed by atoms with Gasteiger partial charge in [0.1, 0.15) is 0 Å². The Hall–Kier alpha value is -1.53. The molecule has 0 fully saturated rings. The van der Waals surface area contributed by atoms with Gasteiger partial charge >= 0.3 is 0 Å². The summed E-state index contributed by atoms with van der Waals surface area (Å²) in [7, 11) is -3.61. The number of sulfonamides is 1. The maximum Gasteiger partial charge on any atom is 0.262 e. The highest BCUT2D eigenvalue weighted by Crippen LogP contribution is 2.22. The molecule has 0 atom stereocenters. The topological polar surface area (TPSA) is 74.8 Å². The maximum atomic E-state index is 12.1. The smallest absolute Gasteiger partial charge is 0.262 e. The zero-order valence-electron chi connectivity index (χ0n) is 9.86. The second-order valence-corrected chi connectivity index (χ2v) is 5.99. The maximum absolute atomic E-state index is 12.1. The molecule has 1 heterocycles. The van der Waals surface area contributed by atoms with Crippen LogP contribution in [0.3, 0.4) is 0 Å². The number of aromatic amines is 1. The zero-order chi connectivity index (χ0) is 13.3. The normalized spacial score (nSPS) is 11.5. The quantitative estimate of drug-likeness (QED) is 0.910. The molecular weight excluding hydrogens is 274 g/mol. The highest BCUT2D eigenvalue weighted by molar-refractivity contribution is 7.92. The molecule has 0 aliphatic rings. The van der Waals surface area contributed by atoms with Gasteiger partial charge < -0.3 is 0 Å². The third kappa shape index (κ3) is 2.49. The highest BCUT2D eigenvalue weighted by atomic mass is 35.5. The minimum atomic E-state index is -3.61. The first-order valence-corrected chi connectivity index (χ1v) is 7.06. The lowest BCUT2D eigenvalue weighted by Crippen LogP contribution is -2.13. The SMILES string of the molecule is Cc1n[nH]c(C)c1NS(=O)(=O)c1ccc(Cl)cc1. The number of benzene rings is 1. The van der Waals surface area contributed by atoms with Crippen molar-refractivity contribution in [2.75, 3.05) is 4.72 Å². The largest absolute Gasteiger partial charge is 0.280 e. The predicted octanol–water partition coefficient (Wildman–Crippen LogP) is 2.48. The molecule has 0 bridgehead atoms. The number of H-pyrrole nitrogens is 1. The number of nitrogens with one attached hydrogen (secondary N) is 2. The number of anilines is 1. The van der Waals surface area contributed by atoms with Crippen molar-refractivity contribution < 1.29 is 8.42 Å². The lowest BCUT2D eigenvalue weighted by atomic mass is 10.3. The standard InChI is InChI=1S/C11H12ClN3O2S/c1-7-11(8(2)14-13-7)15-18(16,17)10-5-3-9(12)4-6-10/h3-6,15H,1-2H3,(H,13,14). The third-order valence-electron chi connectivity index (χ3n) is 2.49. The Balaban J connectivity index is 2.36. The molecule has 0 amide bonds. The van der Waals surface area contributed by atoms with Crippen molar-refractivity contribution >= 4 is 27.3 Å². The second-order valence-electron chi connectivity index (χ2n) is 3.87. The van der Waals surface area contributed by atoms with E-state index in [1.165, 1.54) is 24.3 Å². The molecule has 2 rings (SSSR count). The van der Waals surface area contributed by atoms with Crippen LogP contribution < -0.4 is 4.72 Å². The molecule has 96 valence electrons. The summed E-state index contributed by atoms with van der Waals surface area (Å²) in [6.45, 7) is 3.48. The summed E-state index contributed by atoms with van der Waals surface area (Å²) in [6.07, 6.45) is 0. The average molecular weight is 286 g/mol. The van der Waals surface area contributed by atoms with E-state index >= 15 is 0 Å². The molecule has 2 aromatic rings. The van der Waals surface area contributed by atoms with Gasteiger partial charge in [-0.15, -0.1) is 0 Å². The van der Waals surface area contributed by atoms with Gasteiger partial charge in [0.05, 0.1) is 22.0 Å². The summed E-state index contributed by atoms with van der Waals surface area (Å²) < 4.78 is 26.7. The van der Waals surface area contributed by atoms with Crippen LogP contribution >= 0.6 is 11.6 Å². The van der Waals surface area contributed by atoms with Gasteiger partial charge in [0, 0.05) is 5.02 Å². The van der Waals surface area contributed by atoms with Crippen molar-refractivity contribution in [1.82, 2.24) is 10.2 Å². The molecule has 0 saturated carbocycles. The first-order chi connectivity index (χ1) is 8.40. The minimum Gasteiger partial charge on any atom is -0.280 e. The van der Waals surface area contributed by atoms with Gasteiger partial charge in [-0.05, 0) is 38.1 Å². The monoisotopic (exact) mass is 285 g/mol. The number of aryl methyl sites for hydroxylation is 2. The molecule has 0 unspecified atom stereocenters. The average Bonchev–Trinajstić information content (AvgIpc) is 2.61. The van der Waals surface area contributed by atoms with E-state index in [-0.39, 0.29) is 4.90 Å². The van der Waals surface area contributed by atoms with Gasteiger partial charge in [-0.25, -0.2) is 8.42 Å². The first-order valence-electron chi connectivity index (χ1n) is 5.20. The number of nitrogens with zero attached hydrogens (tertiary/aromatic N) is 1. The summed E-state index contributed by atoms with van der Waals surface area (Å²) in [5, 5.41) is 7.15. The summed E-state index contributed by atoms with van der Waals surface area (Å²) >= 11 is 5.72. The van der Waals surface area contributed by atoms with Crippen molar-refractivity contribution in [3.63, 3.8) is 0 Å². The van der Waals surface area contributed by atoms with Crippen molar-refractivity contribution in [1.29, 1.82) is 0 Å². The third-order valence-corrected chi connectivity index (χ3v) is 4.11. The summed E-state index contributed by atoms with van der Waals surface area (Å²) in [5.41, 5.74) is 1.75. The van der Waals surface area contributed by atoms with Crippen LogP contribution in [0.1, 0.15) is 11.4 Å². The molecule has 0 saturated heterocycles. The lowest BCUT2D eigenvalue weighted by molar-refractivity contribution is 0.601. The molecule has 0 aliphatic heterocycles. The Kier molecular flexibility index (Phi) is 3.32. The molecule has 0 spiro atoms. The van der Waals surface area contributed by atoms with E-state index in [9.17, 15) is 8.42 Å². The first kappa shape index (κ1) is 12.9.